The molecule has 0 radical (unpaired) electrons. The van der Waals surface area contributed by atoms with Gasteiger partial charge in [0.2, 0.25) is 0 Å². The molecule has 0 bridgehead atoms. The summed E-state index contributed by atoms with van der Waals surface area (Å²) in [6.45, 7) is 7.86. The second-order valence-electron chi connectivity index (χ2n) is 4.65. The smallest absolute Gasteiger partial charge is 0.160 e. The van der Waals surface area contributed by atoms with Gasteiger partial charge in [0.1, 0.15) is 0 Å². The van der Waals surface area contributed by atoms with Crippen molar-refractivity contribution in [2.75, 3.05) is 0 Å². The van der Waals surface area contributed by atoms with E-state index in [2.05, 4.69) is 38.1 Å². The monoisotopic (exact) mass is 302 g/mol. The zero-order valence-corrected chi connectivity index (χ0v) is 12.2. The molecule has 2 aromatic rings. The van der Waals surface area contributed by atoms with Crippen LogP contribution in [-0.4, -0.2) is 5.78 Å². The summed E-state index contributed by atoms with van der Waals surface area (Å²) in [6.07, 6.45) is 1.15. The number of carbonyl (C=O) groups excluding carboxylic acids is 1. The van der Waals surface area contributed by atoms with Crippen LogP contribution in [0.4, 0.5) is 0 Å². The van der Waals surface area contributed by atoms with Gasteiger partial charge in [-0.3, -0.25) is 4.79 Å². The number of hydrogen-bond acceptors (Lipinski definition) is 1. The number of benzene rings is 2. The Morgan fingerprint density at radius 1 is 0.818 bits per heavy atom. The minimum absolute atomic E-state index is 0. The van der Waals surface area contributed by atoms with Crippen LogP contribution >= 0.6 is 0 Å². The third kappa shape index (κ3) is 7.78. The zero-order valence-electron chi connectivity index (χ0n) is 12.2. The average molecular weight is 303 g/mol. The van der Waals surface area contributed by atoms with Crippen molar-refractivity contribution in [2.45, 2.75) is 56.4 Å². The fraction of sp³-hybridized carbons (Fsp3) is 0.381. The number of Topliss-reactive ketones (excluding diaryl/α,β-unsaturated/α-hetero) is 1. The second kappa shape index (κ2) is 12.8. The van der Waals surface area contributed by atoms with Gasteiger partial charge in [-0.2, -0.15) is 0 Å². The molecule has 124 valence electrons. The number of hydrogen-bond donors (Lipinski definition) is 0. The van der Waals surface area contributed by atoms with Gasteiger partial charge in [-0.1, -0.05) is 77.7 Å². The maximum atomic E-state index is 10.9. The van der Waals surface area contributed by atoms with E-state index < -0.39 is 0 Å². The molecule has 0 aromatic heterocycles. The molecular weight excluding hydrogens is 268 g/mol. The minimum Gasteiger partial charge on any atom is -0.295 e. The Balaban J connectivity index is -0.000000290. The minimum atomic E-state index is 0. The predicted molar refractivity (Wildman–Crippen MR) is 102 cm³/mol. The van der Waals surface area contributed by atoms with Gasteiger partial charge < -0.3 is 0 Å². The van der Waals surface area contributed by atoms with Gasteiger partial charge in [0.15, 0.2) is 5.78 Å². The highest BCUT2D eigenvalue weighted by molar-refractivity contribution is 5.95. The van der Waals surface area contributed by atoms with Crippen molar-refractivity contribution in [1.29, 1.82) is 0 Å². The van der Waals surface area contributed by atoms with Crippen molar-refractivity contribution >= 4 is 5.78 Å². The summed E-state index contributed by atoms with van der Waals surface area (Å²) in [5.41, 5.74) is 4.73. The van der Waals surface area contributed by atoms with Crippen LogP contribution in [0.2, 0.25) is 0 Å². The first-order valence-corrected chi connectivity index (χ1v) is 6.67. The Labute approximate surface area is 138 Å². The third-order valence-corrected chi connectivity index (χ3v) is 3.17. The summed E-state index contributed by atoms with van der Waals surface area (Å²) in [7, 11) is 0. The molecule has 2 rings (SSSR count). The van der Waals surface area contributed by atoms with Crippen LogP contribution in [0.5, 0.6) is 0 Å². The topological polar surface area (TPSA) is 17.1 Å². The molecule has 0 saturated heterocycles. The summed E-state index contributed by atoms with van der Waals surface area (Å²) in [6, 6.07) is 16.1. The molecule has 2 aromatic carbocycles. The molecule has 0 N–H and O–H groups in total. The molecule has 0 fully saturated rings. The number of ketones is 1. The fourth-order valence-electron chi connectivity index (χ4n) is 1.97. The van der Waals surface area contributed by atoms with Crippen LogP contribution < -0.4 is 0 Å². The highest BCUT2D eigenvalue weighted by Gasteiger charge is 1.99. The molecule has 0 amide bonds. The Morgan fingerprint density at radius 3 is 1.59 bits per heavy atom. The van der Waals surface area contributed by atoms with Crippen LogP contribution in [0.25, 0.3) is 0 Å². The molecule has 0 saturated carbocycles. The maximum absolute atomic E-state index is 10.9. The van der Waals surface area contributed by atoms with Gasteiger partial charge in [-0.25, -0.2) is 0 Å². The van der Waals surface area contributed by atoms with Gasteiger partial charge in [0.25, 0.3) is 0 Å². The summed E-state index contributed by atoms with van der Waals surface area (Å²) in [5, 5.41) is 0. The van der Waals surface area contributed by atoms with Crippen molar-refractivity contribution in [1.82, 2.24) is 0 Å². The predicted octanol–water partition coefficient (Wildman–Crippen LogP) is 6.66. The van der Waals surface area contributed by atoms with E-state index in [0.717, 1.165) is 17.5 Å². The molecule has 0 aliphatic rings. The van der Waals surface area contributed by atoms with E-state index in [0.29, 0.717) is 0 Å². The Bertz CT molecular complexity index is 541. The Hall–Kier alpha value is -1.89. The Morgan fingerprint density at radius 2 is 1.27 bits per heavy atom. The first kappa shape index (κ1) is 25.1. The van der Waals surface area contributed by atoms with Crippen LogP contribution in [-0.2, 0) is 6.42 Å². The van der Waals surface area contributed by atoms with E-state index in [9.17, 15) is 4.79 Å². The highest BCUT2D eigenvalue weighted by atomic mass is 16.1. The molecule has 1 nitrogen and oxygen atoms in total. The van der Waals surface area contributed by atoms with Crippen LogP contribution in [0.3, 0.4) is 0 Å². The van der Waals surface area contributed by atoms with E-state index in [1.165, 1.54) is 11.1 Å². The first-order chi connectivity index (χ1) is 9.06. The highest BCUT2D eigenvalue weighted by Crippen LogP contribution is 2.07. The molecule has 0 unspecified atom stereocenters. The van der Waals surface area contributed by atoms with Gasteiger partial charge in [-0.05, 0) is 43.9 Å². The molecule has 0 aliphatic carbocycles. The van der Waals surface area contributed by atoms with Crippen molar-refractivity contribution < 1.29 is 4.79 Å². The molecule has 22 heavy (non-hydrogen) atoms. The van der Waals surface area contributed by atoms with Gasteiger partial charge in [-0.15, -0.1) is 0 Å². The largest absolute Gasteiger partial charge is 0.295 e. The molecule has 0 spiro atoms. The van der Waals surface area contributed by atoms with Gasteiger partial charge >= 0.3 is 0 Å². The van der Waals surface area contributed by atoms with E-state index in [4.69, 9.17) is 0 Å². The summed E-state index contributed by atoms with van der Waals surface area (Å²) in [5.74, 6) is 0.137. The zero-order chi connectivity index (χ0) is 14.3. The van der Waals surface area contributed by atoms with E-state index in [1.807, 2.05) is 31.2 Å². The number of carbonyl (C=O) groups is 1. The quantitative estimate of drug-likeness (QED) is 0.567. The first-order valence-electron chi connectivity index (χ1n) is 6.67. The van der Waals surface area contributed by atoms with Crippen LogP contribution in [0.15, 0.2) is 48.5 Å². The van der Waals surface area contributed by atoms with E-state index >= 15 is 0 Å². The normalized spacial score (nSPS) is 8.18. The van der Waals surface area contributed by atoms with Crippen molar-refractivity contribution in [2.24, 2.45) is 0 Å². The molecular formula is C21H34O. The standard InChI is InChI=1S/C9H10O.C9H12.3CH4/c1-7-5-3-4-6-9(7)8(2)10;1-3-9-7-5-4-6-8(9)2;;;/h3-6H,1-2H3;4-7H,3H2,1-2H3;3*1H4. The van der Waals surface area contributed by atoms with Gasteiger partial charge in [0.05, 0.1) is 0 Å². The summed E-state index contributed by atoms with van der Waals surface area (Å²) >= 11 is 0. The molecule has 0 heterocycles. The van der Waals surface area contributed by atoms with E-state index in [-0.39, 0.29) is 28.1 Å². The SMILES string of the molecule is C.C.C.CC(=O)c1ccccc1C.CCc1ccccc1C. The molecule has 0 aliphatic heterocycles. The third-order valence-electron chi connectivity index (χ3n) is 3.17. The van der Waals surface area contributed by atoms with Crippen molar-refractivity contribution in [3.8, 4) is 0 Å². The van der Waals surface area contributed by atoms with Crippen molar-refractivity contribution in [3.05, 3.63) is 70.8 Å². The number of aryl methyl sites for hydroxylation is 3. The fourth-order valence-corrected chi connectivity index (χ4v) is 1.97. The Kier molecular flexibility index (Phi) is 14.6. The lowest BCUT2D eigenvalue weighted by Crippen LogP contribution is -1.93. The lowest BCUT2D eigenvalue weighted by atomic mass is 10.1. The van der Waals surface area contributed by atoms with Crippen LogP contribution in [0, 0.1) is 13.8 Å². The average Bonchev–Trinajstić information content (AvgIpc) is 2.40. The number of rotatable bonds is 2. The van der Waals surface area contributed by atoms with E-state index in [1.54, 1.807) is 6.92 Å². The van der Waals surface area contributed by atoms with Crippen LogP contribution in [0.1, 0.15) is 63.2 Å². The van der Waals surface area contributed by atoms with Crippen molar-refractivity contribution in [3.63, 3.8) is 0 Å². The molecule has 1 heteroatoms. The summed E-state index contributed by atoms with van der Waals surface area (Å²) < 4.78 is 0. The lowest BCUT2D eigenvalue weighted by molar-refractivity contribution is 0.101. The molecule has 0 atom stereocenters. The lowest BCUT2D eigenvalue weighted by Gasteiger charge is -1.98. The second-order valence-corrected chi connectivity index (χ2v) is 4.65. The summed E-state index contributed by atoms with van der Waals surface area (Å²) in [4.78, 5) is 10.9. The maximum Gasteiger partial charge on any atom is 0.160 e. The van der Waals surface area contributed by atoms with Gasteiger partial charge in [0, 0.05) is 5.56 Å².